The minimum absolute atomic E-state index is 0.00274. The molecule has 7 rings (SSSR count). The fourth-order valence-electron chi connectivity index (χ4n) is 5.70. The van der Waals surface area contributed by atoms with E-state index in [4.69, 9.17) is 4.98 Å². The number of pyridine rings is 1. The number of hydrogen-bond donors (Lipinski definition) is 0. The van der Waals surface area contributed by atoms with Crippen LogP contribution in [0.15, 0.2) is 97.2 Å². The van der Waals surface area contributed by atoms with Gasteiger partial charge in [0.2, 0.25) is 0 Å². The van der Waals surface area contributed by atoms with Crippen LogP contribution in [0.5, 0.6) is 0 Å². The van der Waals surface area contributed by atoms with Crippen LogP contribution in [-0.4, -0.2) is 9.55 Å². The number of rotatable bonds is 1. The molecule has 0 amide bonds. The molecule has 0 atom stereocenters. The summed E-state index contributed by atoms with van der Waals surface area (Å²) in [6, 6.07) is 33.0. The molecule has 4 aromatic carbocycles. The van der Waals surface area contributed by atoms with Crippen molar-refractivity contribution in [3.05, 3.63) is 108 Å². The minimum atomic E-state index is 0.00274. The van der Waals surface area contributed by atoms with Crippen molar-refractivity contribution in [1.82, 2.24) is 9.55 Å². The highest BCUT2D eigenvalue weighted by Gasteiger charge is 2.35. The van der Waals surface area contributed by atoms with Gasteiger partial charge in [-0.3, -0.25) is 4.57 Å². The third kappa shape index (κ3) is 2.17. The second kappa shape index (κ2) is 6.08. The molecule has 0 saturated heterocycles. The summed E-state index contributed by atoms with van der Waals surface area (Å²) in [6.07, 6.45) is 1.87. The summed E-state index contributed by atoms with van der Waals surface area (Å²) in [6.45, 7) is 4.68. The fraction of sp³-hybridized carbons (Fsp3) is 0.100. The zero-order valence-electron chi connectivity index (χ0n) is 18.1. The van der Waals surface area contributed by atoms with Gasteiger partial charge in [-0.2, -0.15) is 0 Å². The minimum Gasteiger partial charge on any atom is -0.293 e. The standard InChI is InChI=1S/C30H22N2/c1-30(2)25-11-5-3-9-20(25)24-18-23-19(17-26(24)30)14-15-22-21-10-4-6-12-27(21)32(29(22)23)28-13-7-8-16-31-28/h3-18H,1-2H3. The first-order valence-electron chi connectivity index (χ1n) is 11.2. The van der Waals surface area contributed by atoms with Gasteiger partial charge >= 0.3 is 0 Å². The Balaban J connectivity index is 1.69. The lowest BCUT2D eigenvalue weighted by molar-refractivity contribution is 0.661. The zero-order valence-corrected chi connectivity index (χ0v) is 18.1. The summed E-state index contributed by atoms with van der Waals surface area (Å²) in [7, 11) is 0. The third-order valence-corrected chi connectivity index (χ3v) is 7.23. The first kappa shape index (κ1) is 17.7. The molecular weight excluding hydrogens is 388 g/mol. The highest BCUT2D eigenvalue weighted by molar-refractivity contribution is 6.19. The second-order valence-electron chi connectivity index (χ2n) is 9.29. The normalized spacial score (nSPS) is 14.2. The van der Waals surface area contributed by atoms with Gasteiger partial charge in [0.1, 0.15) is 5.82 Å². The number of nitrogens with zero attached hydrogens (tertiary/aromatic N) is 2. The summed E-state index contributed by atoms with van der Waals surface area (Å²) >= 11 is 0. The van der Waals surface area contributed by atoms with Crippen molar-refractivity contribution in [2.24, 2.45) is 0 Å². The van der Waals surface area contributed by atoms with Crippen LogP contribution in [0.2, 0.25) is 0 Å². The molecule has 0 saturated carbocycles. The lowest BCUT2D eigenvalue weighted by Crippen LogP contribution is -2.14. The quantitative estimate of drug-likeness (QED) is 0.272. The van der Waals surface area contributed by atoms with Crippen LogP contribution < -0.4 is 0 Å². The Morgan fingerprint density at radius 1 is 0.656 bits per heavy atom. The molecule has 2 heterocycles. The van der Waals surface area contributed by atoms with Gasteiger partial charge < -0.3 is 0 Å². The van der Waals surface area contributed by atoms with Gasteiger partial charge in [0.05, 0.1) is 11.0 Å². The van der Waals surface area contributed by atoms with Crippen molar-refractivity contribution in [2.75, 3.05) is 0 Å². The summed E-state index contributed by atoms with van der Waals surface area (Å²) in [4.78, 5) is 4.72. The lowest BCUT2D eigenvalue weighted by atomic mass is 9.82. The second-order valence-corrected chi connectivity index (χ2v) is 9.29. The van der Waals surface area contributed by atoms with E-state index in [1.807, 2.05) is 12.3 Å². The SMILES string of the molecule is CC1(C)c2ccccc2-c2cc3c(ccc4c5ccccc5n(-c5ccccn5)c34)cc21. The van der Waals surface area contributed by atoms with Gasteiger partial charge in [-0.05, 0) is 58.0 Å². The maximum absolute atomic E-state index is 4.72. The average Bonchev–Trinajstić information content (AvgIpc) is 3.29. The largest absolute Gasteiger partial charge is 0.293 e. The Hall–Kier alpha value is -3.91. The molecule has 32 heavy (non-hydrogen) atoms. The summed E-state index contributed by atoms with van der Waals surface area (Å²) in [5.74, 6) is 0.951. The highest BCUT2D eigenvalue weighted by atomic mass is 15.1. The molecule has 0 N–H and O–H groups in total. The van der Waals surface area contributed by atoms with Gasteiger partial charge in [-0.25, -0.2) is 4.98 Å². The number of hydrogen-bond acceptors (Lipinski definition) is 1. The van der Waals surface area contributed by atoms with E-state index in [9.17, 15) is 0 Å². The van der Waals surface area contributed by atoms with Crippen LogP contribution >= 0.6 is 0 Å². The number of aromatic nitrogens is 2. The van der Waals surface area contributed by atoms with Gasteiger partial charge in [-0.15, -0.1) is 0 Å². The molecule has 152 valence electrons. The molecule has 0 unspecified atom stereocenters. The average molecular weight is 411 g/mol. The first-order valence-corrected chi connectivity index (χ1v) is 11.2. The van der Waals surface area contributed by atoms with E-state index in [1.165, 1.54) is 54.8 Å². The fourth-order valence-corrected chi connectivity index (χ4v) is 5.70. The van der Waals surface area contributed by atoms with E-state index in [-0.39, 0.29) is 5.41 Å². The van der Waals surface area contributed by atoms with Crippen molar-refractivity contribution in [1.29, 1.82) is 0 Å². The smallest absolute Gasteiger partial charge is 0.137 e. The zero-order chi connectivity index (χ0) is 21.4. The number of para-hydroxylation sites is 1. The van der Waals surface area contributed by atoms with Crippen LogP contribution in [0.3, 0.4) is 0 Å². The Kier molecular flexibility index (Phi) is 3.37. The Labute approximate surface area is 186 Å². The molecule has 6 aromatic rings. The molecule has 1 aliphatic carbocycles. The monoisotopic (exact) mass is 410 g/mol. The van der Waals surface area contributed by atoms with Crippen molar-refractivity contribution in [3.8, 4) is 16.9 Å². The molecule has 2 aromatic heterocycles. The molecule has 0 aliphatic heterocycles. The van der Waals surface area contributed by atoms with Gasteiger partial charge in [0.15, 0.2) is 0 Å². The molecule has 1 aliphatic rings. The van der Waals surface area contributed by atoms with Gasteiger partial charge in [-0.1, -0.05) is 74.5 Å². The van der Waals surface area contributed by atoms with Crippen LogP contribution in [-0.2, 0) is 5.41 Å². The third-order valence-electron chi connectivity index (χ3n) is 7.23. The number of benzene rings is 4. The Bertz CT molecular complexity index is 1690. The Morgan fingerprint density at radius 2 is 1.47 bits per heavy atom. The molecule has 0 spiro atoms. The van der Waals surface area contributed by atoms with E-state index in [0.29, 0.717) is 0 Å². The Morgan fingerprint density at radius 3 is 2.34 bits per heavy atom. The van der Waals surface area contributed by atoms with E-state index in [1.54, 1.807) is 0 Å². The molecule has 0 radical (unpaired) electrons. The molecule has 2 heteroatoms. The van der Waals surface area contributed by atoms with Crippen molar-refractivity contribution in [2.45, 2.75) is 19.3 Å². The molecular formula is C30H22N2. The van der Waals surface area contributed by atoms with Crippen molar-refractivity contribution < 1.29 is 0 Å². The van der Waals surface area contributed by atoms with E-state index in [0.717, 1.165) is 5.82 Å². The van der Waals surface area contributed by atoms with Crippen molar-refractivity contribution >= 4 is 32.6 Å². The number of fused-ring (bicyclic) bond motifs is 8. The van der Waals surface area contributed by atoms with Gasteiger partial charge in [0.25, 0.3) is 0 Å². The maximum Gasteiger partial charge on any atom is 0.137 e. The van der Waals surface area contributed by atoms with Crippen LogP contribution in [0.25, 0.3) is 49.5 Å². The van der Waals surface area contributed by atoms with E-state index >= 15 is 0 Å². The summed E-state index contributed by atoms with van der Waals surface area (Å²) < 4.78 is 2.32. The van der Waals surface area contributed by atoms with Crippen LogP contribution in [0.4, 0.5) is 0 Å². The predicted octanol–water partition coefficient (Wildman–Crippen LogP) is 7.64. The predicted molar refractivity (Wildman–Crippen MR) is 134 cm³/mol. The lowest BCUT2D eigenvalue weighted by Gasteiger charge is -2.21. The molecule has 0 bridgehead atoms. The topological polar surface area (TPSA) is 17.8 Å². The molecule has 2 nitrogen and oxygen atoms in total. The maximum atomic E-state index is 4.72. The summed E-state index contributed by atoms with van der Waals surface area (Å²) in [5.41, 5.74) is 7.94. The highest BCUT2D eigenvalue weighted by Crippen LogP contribution is 2.50. The van der Waals surface area contributed by atoms with E-state index in [2.05, 4.69) is 103 Å². The molecule has 0 fully saturated rings. The van der Waals surface area contributed by atoms with Crippen molar-refractivity contribution in [3.63, 3.8) is 0 Å². The van der Waals surface area contributed by atoms with Gasteiger partial charge in [0, 0.05) is 27.8 Å². The first-order chi connectivity index (χ1) is 15.6. The van der Waals surface area contributed by atoms with E-state index < -0.39 is 0 Å². The summed E-state index contributed by atoms with van der Waals surface area (Å²) in [5, 5.41) is 5.08. The van der Waals surface area contributed by atoms with Crippen LogP contribution in [0.1, 0.15) is 25.0 Å². The van der Waals surface area contributed by atoms with Crippen LogP contribution in [0, 0.1) is 0 Å².